The van der Waals surface area contributed by atoms with Gasteiger partial charge < -0.3 is 15.2 Å². The van der Waals surface area contributed by atoms with Crippen LogP contribution in [-0.4, -0.2) is 17.7 Å². The zero-order valence-corrected chi connectivity index (χ0v) is 13.0. The Balaban J connectivity index is 1.60. The summed E-state index contributed by atoms with van der Waals surface area (Å²) < 4.78 is 5.11. The number of thiophene rings is 1. The largest absolute Gasteiger partial charge is 0.445 e. The predicted octanol–water partition coefficient (Wildman–Crippen LogP) is 3.57. The van der Waals surface area contributed by atoms with Gasteiger partial charge >= 0.3 is 6.09 Å². The monoisotopic (exact) mass is 317 g/mol. The quantitative estimate of drug-likeness (QED) is 0.768. The third-order valence-corrected chi connectivity index (χ3v) is 3.95. The van der Waals surface area contributed by atoms with Crippen molar-refractivity contribution in [3.05, 3.63) is 63.9 Å². The van der Waals surface area contributed by atoms with Crippen LogP contribution < -0.4 is 5.32 Å². The lowest BCUT2D eigenvalue weighted by atomic mass is 10.2. The molecular formula is C17H19NO3S. The van der Waals surface area contributed by atoms with E-state index in [-0.39, 0.29) is 13.2 Å². The highest BCUT2D eigenvalue weighted by atomic mass is 32.1. The molecule has 4 nitrogen and oxygen atoms in total. The molecular weight excluding hydrogens is 298 g/mol. The van der Waals surface area contributed by atoms with E-state index in [0.717, 1.165) is 21.7 Å². The fraction of sp³-hybridized carbons (Fsp3) is 0.235. The van der Waals surface area contributed by atoms with E-state index in [0.29, 0.717) is 6.54 Å². The molecule has 0 spiro atoms. The normalized spacial score (nSPS) is 10.8. The number of amides is 1. The summed E-state index contributed by atoms with van der Waals surface area (Å²) >= 11 is 1.55. The number of nitrogens with one attached hydrogen (secondary N) is 1. The molecule has 0 bridgehead atoms. The Labute approximate surface area is 134 Å². The van der Waals surface area contributed by atoms with E-state index in [2.05, 4.69) is 5.32 Å². The van der Waals surface area contributed by atoms with Gasteiger partial charge in [-0.2, -0.15) is 0 Å². The van der Waals surface area contributed by atoms with Crippen LogP contribution in [0.4, 0.5) is 4.79 Å². The van der Waals surface area contributed by atoms with Gasteiger partial charge in [-0.25, -0.2) is 4.79 Å². The average Bonchev–Trinajstić information content (AvgIpc) is 3.01. The van der Waals surface area contributed by atoms with Crippen molar-refractivity contribution in [2.75, 3.05) is 6.54 Å². The number of aliphatic hydroxyl groups is 1. The van der Waals surface area contributed by atoms with Crippen molar-refractivity contribution in [3.8, 4) is 0 Å². The Morgan fingerprint density at radius 1 is 1.23 bits per heavy atom. The first-order chi connectivity index (χ1) is 10.8. The molecule has 1 aromatic carbocycles. The molecule has 0 aliphatic heterocycles. The molecule has 1 aromatic heterocycles. The maximum absolute atomic E-state index is 11.5. The summed E-state index contributed by atoms with van der Waals surface area (Å²) in [6, 6.07) is 13.4. The minimum Gasteiger partial charge on any atom is -0.445 e. The number of benzene rings is 1. The molecule has 2 N–H and O–H groups in total. The third kappa shape index (κ3) is 5.71. The highest BCUT2D eigenvalue weighted by Gasteiger charge is 2.00. The first-order valence-electron chi connectivity index (χ1n) is 7.08. The second-order valence-electron chi connectivity index (χ2n) is 4.64. The van der Waals surface area contributed by atoms with Crippen molar-refractivity contribution in [2.45, 2.75) is 19.6 Å². The number of alkyl carbamates (subject to hydrolysis) is 1. The standard InChI is InChI=1S/C17H19NO3S/c19-12-16-10-9-15(22-16)8-4-5-11-18-17(20)21-13-14-6-2-1-3-7-14/h1-4,6-10,19H,5,11-13H2,(H,18,20). The number of ether oxygens (including phenoxy) is 1. The van der Waals surface area contributed by atoms with E-state index in [4.69, 9.17) is 9.84 Å². The summed E-state index contributed by atoms with van der Waals surface area (Å²) in [5.41, 5.74) is 0.968. The maximum atomic E-state index is 11.5. The maximum Gasteiger partial charge on any atom is 0.407 e. The summed E-state index contributed by atoms with van der Waals surface area (Å²) in [6.45, 7) is 0.886. The van der Waals surface area contributed by atoms with Crippen molar-refractivity contribution in [2.24, 2.45) is 0 Å². The molecule has 0 unspecified atom stereocenters. The van der Waals surface area contributed by atoms with Crippen molar-refractivity contribution >= 4 is 23.5 Å². The van der Waals surface area contributed by atoms with Gasteiger partial charge in [-0.15, -0.1) is 11.3 Å². The number of hydrogen-bond acceptors (Lipinski definition) is 4. The molecule has 0 aliphatic rings. The molecule has 0 saturated carbocycles. The van der Waals surface area contributed by atoms with Gasteiger partial charge in [-0.05, 0) is 30.2 Å². The molecule has 22 heavy (non-hydrogen) atoms. The van der Waals surface area contributed by atoms with Crippen LogP contribution >= 0.6 is 11.3 Å². The van der Waals surface area contributed by atoms with Crippen molar-refractivity contribution in [1.82, 2.24) is 5.32 Å². The molecule has 0 radical (unpaired) electrons. The summed E-state index contributed by atoms with van der Waals surface area (Å²) in [6.07, 6.45) is 4.30. The van der Waals surface area contributed by atoms with E-state index in [1.807, 2.05) is 54.6 Å². The van der Waals surface area contributed by atoms with Crippen LogP contribution in [0.5, 0.6) is 0 Å². The second-order valence-corrected chi connectivity index (χ2v) is 5.84. The van der Waals surface area contributed by atoms with Crippen LogP contribution in [0.2, 0.25) is 0 Å². The third-order valence-electron chi connectivity index (χ3n) is 2.91. The molecule has 2 aromatic rings. The number of aliphatic hydroxyl groups excluding tert-OH is 1. The van der Waals surface area contributed by atoms with Crippen LogP contribution in [0.3, 0.4) is 0 Å². The number of rotatable bonds is 7. The lowest BCUT2D eigenvalue weighted by molar-refractivity contribution is 0.140. The van der Waals surface area contributed by atoms with Crippen LogP contribution in [0.15, 0.2) is 48.5 Å². The molecule has 0 aliphatic carbocycles. The van der Waals surface area contributed by atoms with Crippen molar-refractivity contribution < 1.29 is 14.6 Å². The number of hydrogen-bond donors (Lipinski definition) is 2. The Hall–Kier alpha value is -2.11. The summed E-state index contributed by atoms with van der Waals surface area (Å²) in [5.74, 6) is 0. The van der Waals surface area contributed by atoms with Gasteiger partial charge in [0.2, 0.25) is 0 Å². The lowest BCUT2D eigenvalue weighted by Crippen LogP contribution is -2.24. The van der Waals surface area contributed by atoms with Gasteiger partial charge in [0.05, 0.1) is 6.61 Å². The van der Waals surface area contributed by atoms with Gasteiger partial charge in [0, 0.05) is 16.3 Å². The smallest absolute Gasteiger partial charge is 0.407 e. The summed E-state index contributed by atoms with van der Waals surface area (Å²) in [4.78, 5) is 13.5. The Morgan fingerprint density at radius 3 is 2.77 bits per heavy atom. The van der Waals surface area contributed by atoms with Gasteiger partial charge in [-0.3, -0.25) is 0 Å². The zero-order valence-electron chi connectivity index (χ0n) is 12.2. The van der Waals surface area contributed by atoms with E-state index >= 15 is 0 Å². The average molecular weight is 317 g/mol. The topological polar surface area (TPSA) is 58.6 Å². The Bertz CT molecular complexity index is 607. The Kier molecular flexibility index (Phi) is 6.67. The van der Waals surface area contributed by atoms with E-state index in [1.54, 1.807) is 11.3 Å². The van der Waals surface area contributed by atoms with Gasteiger partial charge in [-0.1, -0.05) is 36.4 Å². The predicted molar refractivity (Wildman–Crippen MR) is 88.5 cm³/mol. The van der Waals surface area contributed by atoms with Crippen LogP contribution in [0.1, 0.15) is 21.7 Å². The molecule has 116 valence electrons. The van der Waals surface area contributed by atoms with Crippen LogP contribution in [0.25, 0.3) is 6.08 Å². The number of carbonyl (C=O) groups is 1. The van der Waals surface area contributed by atoms with Crippen LogP contribution in [-0.2, 0) is 18.0 Å². The minimum absolute atomic E-state index is 0.0767. The lowest BCUT2D eigenvalue weighted by Gasteiger charge is -2.05. The van der Waals surface area contributed by atoms with Crippen molar-refractivity contribution in [1.29, 1.82) is 0 Å². The molecule has 0 fully saturated rings. The number of carbonyl (C=O) groups excluding carboxylic acids is 1. The first-order valence-corrected chi connectivity index (χ1v) is 7.90. The fourth-order valence-electron chi connectivity index (χ4n) is 1.80. The van der Waals surface area contributed by atoms with Gasteiger partial charge in [0.25, 0.3) is 0 Å². The molecule has 5 heteroatoms. The second kappa shape index (κ2) is 9.02. The molecule has 1 amide bonds. The Morgan fingerprint density at radius 2 is 2.05 bits per heavy atom. The summed E-state index contributed by atoms with van der Waals surface area (Å²) in [5, 5.41) is 11.7. The SMILES string of the molecule is O=C(NCCC=Cc1ccc(CO)s1)OCc1ccccc1. The van der Waals surface area contributed by atoms with E-state index in [1.165, 1.54) is 0 Å². The molecule has 0 atom stereocenters. The van der Waals surface area contributed by atoms with Crippen molar-refractivity contribution in [3.63, 3.8) is 0 Å². The van der Waals surface area contributed by atoms with Gasteiger partial charge in [0.1, 0.15) is 6.61 Å². The van der Waals surface area contributed by atoms with Gasteiger partial charge in [0.15, 0.2) is 0 Å². The molecule has 2 rings (SSSR count). The van der Waals surface area contributed by atoms with Crippen LogP contribution in [0, 0.1) is 0 Å². The first kappa shape index (κ1) is 16.3. The fourth-order valence-corrected chi connectivity index (χ4v) is 2.60. The molecule has 0 saturated heterocycles. The highest BCUT2D eigenvalue weighted by Crippen LogP contribution is 2.17. The summed E-state index contributed by atoms with van der Waals surface area (Å²) in [7, 11) is 0. The molecule has 1 heterocycles. The van der Waals surface area contributed by atoms with E-state index in [9.17, 15) is 4.79 Å². The minimum atomic E-state index is -0.407. The highest BCUT2D eigenvalue weighted by molar-refractivity contribution is 7.12. The zero-order chi connectivity index (χ0) is 15.6. The van der Waals surface area contributed by atoms with E-state index < -0.39 is 6.09 Å².